The Morgan fingerprint density at radius 3 is 2.35 bits per heavy atom. The molecule has 1 N–H and O–H groups in total. The molecule has 0 aliphatic heterocycles. The van der Waals surface area contributed by atoms with Gasteiger partial charge in [-0.05, 0) is 66.2 Å². The van der Waals surface area contributed by atoms with E-state index in [2.05, 4.69) is 5.32 Å². The average Bonchev–Trinajstić information content (AvgIpc) is 3.30. The predicted molar refractivity (Wildman–Crippen MR) is 145 cm³/mol. The summed E-state index contributed by atoms with van der Waals surface area (Å²) in [7, 11) is 1.53. The van der Waals surface area contributed by atoms with Crippen molar-refractivity contribution in [3.8, 4) is 28.4 Å². The van der Waals surface area contributed by atoms with E-state index >= 15 is 0 Å². The number of Topliss-reactive ketones (excluding diaryl/α,β-unsaturated/α-hetero) is 1. The minimum atomic E-state index is -0.843. The molecule has 0 aliphatic carbocycles. The van der Waals surface area contributed by atoms with Crippen LogP contribution in [0.4, 0.5) is 5.69 Å². The van der Waals surface area contributed by atoms with Crippen LogP contribution in [0.15, 0.2) is 97.2 Å². The van der Waals surface area contributed by atoms with Gasteiger partial charge in [-0.2, -0.15) is 0 Å². The number of methoxy groups -OCH3 is 1. The number of pyridine rings is 1. The van der Waals surface area contributed by atoms with Crippen LogP contribution in [0, 0.1) is 0 Å². The van der Waals surface area contributed by atoms with Gasteiger partial charge in [0, 0.05) is 22.3 Å². The Balaban J connectivity index is 1.52. The summed E-state index contributed by atoms with van der Waals surface area (Å²) in [5.74, 6) is -0.155. The van der Waals surface area contributed by atoms with Crippen molar-refractivity contribution in [2.75, 3.05) is 12.4 Å². The second-order valence-electron chi connectivity index (χ2n) is 8.09. The average molecular weight is 531 g/mol. The number of nitrogens with zero attached hydrogens (tertiary/aromatic N) is 1. The Morgan fingerprint density at radius 1 is 0.838 bits per heavy atom. The van der Waals surface area contributed by atoms with Crippen molar-refractivity contribution in [1.29, 1.82) is 0 Å². The zero-order valence-electron chi connectivity index (χ0n) is 19.6. The number of anilines is 1. The first kappa shape index (κ1) is 24.4. The molecule has 0 radical (unpaired) electrons. The number of hydrogen-bond donors (Lipinski definition) is 1. The standard InChI is InChI=1S/C29H20Cl2N2O4/c1-36-25-12-10-18(15-23(25)31)22-17-20-7-5-6-14-33(20)27(22)28(34)29(35)32-24-16-19(30)11-13-26(24)37-21-8-3-2-4-9-21/h2-17H,1H3,(H,32,35). The highest BCUT2D eigenvalue weighted by molar-refractivity contribution is 6.47. The van der Waals surface area contributed by atoms with E-state index in [4.69, 9.17) is 32.7 Å². The fraction of sp³-hybridized carbons (Fsp3) is 0.0345. The summed E-state index contributed by atoms with van der Waals surface area (Å²) in [4.78, 5) is 26.9. The fourth-order valence-electron chi connectivity index (χ4n) is 4.00. The van der Waals surface area contributed by atoms with Crippen molar-refractivity contribution >= 4 is 46.1 Å². The number of ether oxygens (including phenoxy) is 2. The first-order valence-corrected chi connectivity index (χ1v) is 12.0. The monoisotopic (exact) mass is 530 g/mol. The number of carbonyl (C=O) groups excluding carboxylic acids is 2. The summed E-state index contributed by atoms with van der Waals surface area (Å²) in [5, 5.41) is 3.44. The summed E-state index contributed by atoms with van der Waals surface area (Å²) < 4.78 is 12.8. The smallest absolute Gasteiger partial charge is 0.298 e. The Hall–Kier alpha value is -4.26. The minimum Gasteiger partial charge on any atom is -0.495 e. The van der Waals surface area contributed by atoms with Gasteiger partial charge in [-0.15, -0.1) is 0 Å². The van der Waals surface area contributed by atoms with Crippen LogP contribution >= 0.6 is 23.2 Å². The summed E-state index contributed by atoms with van der Waals surface area (Å²) in [5.41, 5.74) is 2.44. The van der Waals surface area contributed by atoms with Crippen LogP contribution in [0.25, 0.3) is 16.6 Å². The molecule has 37 heavy (non-hydrogen) atoms. The van der Waals surface area contributed by atoms with E-state index in [1.54, 1.807) is 59.1 Å². The van der Waals surface area contributed by atoms with E-state index in [0.29, 0.717) is 38.4 Å². The SMILES string of the molecule is COc1ccc(-c2cc3ccccn3c2C(=O)C(=O)Nc2cc(Cl)ccc2Oc2ccccc2)cc1Cl. The number of rotatable bonds is 7. The number of halogens is 2. The Morgan fingerprint density at radius 2 is 1.59 bits per heavy atom. The molecule has 184 valence electrons. The summed E-state index contributed by atoms with van der Waals surface area (Å²) in [6.07, 6.45) is 1.73. The number of amides is 1. The van der Waals surface area contributed by atoms with Crippen molar-refractivity contribution in [2.45, 2.75) is 0 Å². The van der Waals surface area contributed by atoms with Crippen molar-refractivity contribution < 1.29 is 19.1 Å². The molecule has 5 aromatic rings. The lowest BCUT2D eigenvalue weighted by Crippen LogP contribution is -2.25. The highest BCUT2D eigenvalue weighted by Gasteiger charge is 2.26. The number of hydrogen-bond acceptors (Lipinski definition) is 4. The molecule has 3 aromatic carbocycles. The molecule has 0 saturated carbocycles. The highest BCUT2D eigenvalue weighted by atomic mass is 35.5. The van der Waals surface area contributed by atoms with Gasteiger partial charge in [-0.1, -0.05) is 53.5 Å². The van der Waals surface area contributed by atoms with E-state index < -0.39 is 11.7 Å². The van der Waals surface area contributed by atoms with Crippen molar-refractivity contribution in [1.82, 2.24) is 4.40 Å². The Labute approximate surface area is 223 Å². The molecule has 0 atom stereocenters. The molecule has 2 aromatic heterocycles. The lowest BCUT2D eigenvalue weighted by atomic mass is 10.0. The zero-order valence-corrected chi connectivity index (χ0v) is 21.1. The van der Waals surface area contributed by atoms with Crippen LogP contribution in [0.2, 0.25) is 10.0 Å². The number of ketones is 1. The molecule has 0 bridgehead atoms. The van der Waals surface area contributed by atoms with Gasteiger partial charge >= 0.3 is 0 Å². The third-order valence-electron chi connectivity index (χ3n) is 5.72. The van der Waals surface area contributed by atoms with E-state index in [-0.39, 0.29) is 11.4 Å². The van der Waals surface area contributed by atoms with Crippen molar-refractivity contribution in [3.63, 3.8) is 0 Å². The second-order valence-corrected chi connectivity index (χ2v) is 8.93. The Kier molecular flexibility index (Phi) is 6.86. The number of carbonyl (C=O) groups is 2. The molecule has 8 heteroatoms. The Bertz CT molecular complexity index is 1630. The molecule has 0 saturated heterocycles. The predicted octanol–water partition coefficient (Wildman–Crippen LogP) is 7.54. The van der Waals surface area contributed by atoms with Crippen LogP contribution in [-0.4, -0.2) is 23.2 Å². The van der Waals surface area contributed by atoms with E-state index in [1.807, 2.05) is 36.4 Å². The maximum atomic E-state index is 13.6. The van der Waals surface area contributed by atoms with Gasteiger partial charge < -0.3 is 19.2 Å². The maximum absolute atomic E-state index is 13.6. The topological polar surface area (TPSA) is 69.0 Å². The quantitative estimate of drug-likeness (QED) is 0.174. The van der Waals surface area contributed by atoms with Crippen molar-refractivity contribution in [2.24, 2.45) is 0 Å². The van der Waals surface area contributed by atoms with Gasteiger partial charge in [0.1, 0.15) is 17.2 Å². The van der Waals surface area contributed by atoms with Crippen LogP contribution in [0.3, 0.4) is 0 Å². The molecule has 1 amide bonds. The normalized spacial score (nSPS) is 10.8. The number of nitrogens with one attached hydrogen (secondary N) is 1. The van der Waals surface area contributed by atoms with Gasteiger partial charge in [-0.25, -0.2) is 0 Å². The molecular weight excluding hydrogens is 511 g/mol. The number of fused-ring (bicyclic) bond motifs is 1. The summed E-state index contributed by atoms with van der Waals surface area (Å²) in [6.45, 7) is 0. The molecule has 2 heterocycles. The first-order valence-electron chi connectivity index (χ1n) is 11.3. The van der Waals surface area contributed by atoms with Crippen LogP contribution in [0.5, 0.6) is 17.2 Å². The number of para-hydroxylation sites is 1. The van der Waals surface area contributed by atoms with Gasteiger partial charge in [-0.3, -0.25) is 9.59 Å². The largest absolute Gasteiger partial charge is 0.495 e. The van der Waals surface area contributed by atoms with Gasteiger partial charge in [0.2, 0.25) is 0 Å². The maximum Gasteiger partial charge on any atom is 0.298 e. The molecular formula is C29H20Cl2N2O4. The molecule has 0 unspecified atom stereocenters. The summed E-state index contributed by atoms with van der Waals surface area (Å²) >= 11 is 12.5. The summed E-state index contributed by atoms with van der Waals surface area (Å²) in [6, 6.07) is 26.4. The van der Waals surface area contributed by atoms with Crippen LogP contribution < -0.4 is 14.8 Å². The third-order valence-corrected chi connectivity index (χ3v) is 6.26. The molecule has 0 fully saturated rings. The van der Waals surface area contributed by atoms with Crippen molar-refractivity contribution in [3.05, 3.63) is 113 Å². The van der Waals surface area contributed by atoms with Crippen LogP contribution in [-0.2, 0) is 4.79 Å². The highest BCUT2D eigenvalue weighted by Crippen LogP contribution is 2.35. The van der Waals surface area contributed by atoms with E-state index in [1.165, 1.54) is 13.2 Å². The van der Waals surface area contributed by atoms with E-state index in [9.17, 15) is 9.59 Å². The lowest BCUT2D eigenvalue weighted by molar-refractivity contribution is -0.112. The van der Waals surface area contributed by atoms with E-state index in [0.717, 1.165) is 5.52 Å². The third kappa shape index (κ3) is 5.03. The van der Waals surface area contributed by atoms with Crippen LogP contribution in [0.1, 0.15) is 10.5 Å². The second kappa shape index (κ2) is 10.4. The number of aromatic nitrogens is 1. The minimum absolute atomic E-state index is 0.196. The first-order chi connectivity index (χ1) is 17.9. The lowest BCUT2D eigenvalue weighted by Gasteiger charge is -2.13. The van der Waals surface area contributed by atoms with Gasteiger partial charge in [0.25, 0.3) is 11.7 Å². The number of benzene rings is 3. The van der Waals surface area contributed by atoms with Gasteiger partial charge in [0.15, 0.2) is 5.75 Å². The van der Waals surface area contributed by atoms with Gasteiger partial charge in [0.05, 0.1) is 17.8 Å². The fourth-order valence-corrected chi connectivity index (χ4v) is 4.43. The molecule has 5 rings (SSSR count). The zero-order chi connectivity index (χ0) is 25.9. The molecule has 0 aliphatic rings. The molecule has 0 spiro atoms. The molecule has 6 nitrogen and oxygen atoms in total.